The fraction of sp³-hybridized carbons (Fsp3) is 0.0476. The fourth-order valence-corrected chi connectivity index (χ4v) is 3.42. The van der Waals surface area contributed by atoms with Gasteiger partial charge in [-0.05, 0) is 53.1 Å². The van der Waals surface area contributed by atoms with Crippen LogP contribution in [0.2, 0.25) is 0 Å². The van der Waals surface area contributed by atoms with Crippen LogP contribution in [-0.2, 0) is 11.3 Å². The van der Waals surface area contributed by atoms with Crippen molar-refractivity contribution in [3.63, 3.8) is 0 Å². The summed E-state index contributed by atoms with van der Waals surface area (Å²) in [4.78, 5) is 23.1. The molecule has 5 heteroatoms. The van der Waals surface area contributed by atoms with Crippen LogP contribution in [-0.4, -0.2) is 15.7 Å². The lowest BCUT2D eigenvalue weighted by atomic mass is 10.1. The Hall–Kier alpha value is -3.23. The van der Waals surface area contributed by atoms with Crippen LogP contribution in [0.1, 0.15) is 11.1 Å². The van der Waals surface area contributed by atoms with E-state index in [4.69, 9.17) is 0 Å². The number of nitrogens with zero attached hydrogens (tertiary/aromatic N) is 1. The Morgan fingerprint density at radius 1 is 1.04 bits per heavy atom. The van der Waals surface area contributed by atoms with Gasteiger partial charge in [0.05, 0.1) is 11.4 Å². The number of rotatable bonds is 2. The number of thioether (sulfide) groups is 1. The SMILES string of the molecule is O=C1NC(=O)C(=Cc2ccc(C#CCn3ccc4ccccc43)cc2)S1. The summed E-state index contributed by atoms with van der Waals surface area (Å²) in [7, 11) is 0. The number of aromatic nitrogens is 1. The molecule has 1 aliphatic heterocycles. The molecule has 2 aromatic carbocycles. The maximum atomic E-state index is 11.6. The van der Waals surface area contributed by atoms with Crippen molar-refractivity contribution in [3.8, 4) is 11.8 Å². The van der Waals surface area contributed by atoms with Crippen LogP contribution in [0.25, 0.3) is 17.0 Å². The molecule has 1 fully saturated rings. The number of amides is 2. The van der Waals surface area contributed by atoms with Crippen LogP contribution >= 0.6 is 11.8 Å². The monoisotopic (exact) mass is 358 g/mol. The molecule has 0 bridgehead atoms. The zero-order chi connectivity index (χ0) is 17.9. The van der Waals surface area contributed by atoms with Gasteiger partial charge in [0, 0.05) is 17.3 Å². The first-order valence-corrected chi connectivity index (χ1v) is 8.88. The average Bonchev–Trinajstić information content (AvgIpc) is 3.19. The second kappa shape index (κ2) is 6.95. The van der Waals surface area contributed by atoms with Gasteiger partial charge in [-0.15, -0.1) is 0 Å². The third-order valence-corrected chi connectivity index (χ3v) is 4.82. The van der Waals surface area contributed by atoms with Crippen LogP contribution in [0.15, 0.2) is 65.7 Å². The normalized spacial score (nSPS) is 15.2. The van der Waals surface area contributed by atoms with E-state index < -0.39 is 0 Å². The Kier molecular flexibility index (Phi) is 4.34. The maximum Gasteiger partial charge on any atom is 0.290 e. The number of hydrogen-bond acceptors (Lipinski definition) is 3. The van der Waals surface area contributed by atoms with E-state index in [2.05, 4.69) is 39.9 Å². The predicted octanol–water partition coefficient (Wildman–Crippen LogP) is 4.02. The van der Waals surface area contributed by atoms with E-state index in [1.54, 1.807) is 6.08 Å². The molecule has 1 saturated heterocycles. The number of hydrogen-bond donors (Lipinski definition) is 1. The minimum atomic E-state index is -0.345. The minimum Gasteiger partial charge on any atom is -0.336 e. The first kappa shape index (κ1) is 16.2. The smallest absolute Gasteiger partial charge is 0.290 e. The summed E-state index contributed by atoms with van der Waals surface area (Å²) in [6.45, 7) is 0.623. The van der Waals surface area contributed by atoms with Crippen molar-refractivity contribution in [1.82, 2.24) is 9.88 Å². The predicted molar refractivity (Wildman–Crippen MR) is 104 cm³/mol. The van der Waals surface area contributed by atoms with Crippen molar-refractivity contribution in [3.05, 3.63) is 76.8 Å². The molecule has 2 amide bonds. The van der Waals surface area contributed by atoms with E-state index in [0.29, 0.717) is 11.4 Å². The Morgan fingerprint density at radius 3 is 2.62 bits per heavy atom. The summed E-state index contributed by atoms with van der Waals surface area (Å²) < 4.78 is 2.12. The van der Waals surface area contributed by atoms with Gasteiger partial charge in [0.1, 0.15) is 0 Å². The first-order valence-electron chi connectivity index (χ1n) is 8.07. The van der Waals surface area contributed by atoms with Crippen molar-refractivity contribution >= 4 is 39.9 Å². The van der Waals surface area contributed by atoms with E-state index in [-0.39, 0.29) is 11.1 Å². The van der Waals surface area contributed by atoms with Gasteiger partial charge in [0.25, 0.3) is 11.1 Å². The Bertz CT molecular complexity index is 1100. The molecule has 0 spiro atoms. The molecule has 0 unspecified atom stereocenters. The molecule has 0 saturated carbocycles. The molecular formula is C21H14N2O2S. The Balaban J connectivity index is 1.47. The number of carbonyl (C=O) groups is 2. The summed E-state index contributed by atoms with van der Waals surface area (Å²) >= 11 is 0.917. The molecule has 0 radical (unpaired) electrons. The highest BCUT2D eigenvalue weighted by Gasteiger charge is 2.24. The van der Waals surface area contributed by atoms with Gasteiger partial charge >= 0.3 is 0 Å². The van der Waals surface area contributed by atoms with Gasteiger partial charge in [-0.1, -0.05) is 42.2 Å². The van der Waals surface area contributed by atoms with E-state index >= 15 is 0 Å². The molecule has 1 N–H and O–H groups in total. The minimum absolute atomic E-state index is 0.332. The van der Waals surface area contributed by atoms with Crippen molar-refractivity contribution in [1.29, 1.82) is 0 Å². The lowest BCUT2D eigenvalue weighted by Gasteiger charge is -1.99. The molecule has 4 nitrogen and oxygen atoms in total. The molecule has 1 aromatic heterocycles. The highest BCUT2D eigenvalue weighted by Crippen LogP contribution is 2.25. The third-order valence-electron chi connectivity index (χ3n) is 4.01. The molecule has 0 aliphatic carbocycles. The largest absolute Gasteiger partial charge is 0.336 e. The Morgan fingerprint density at radius 2 is 1.85 bits per heavy atom. The standard InChI is InChI=1S/C21H14N2O2S/c24-20-19(26-21(25)22-20)14-16-9-7-15(8-10-16)4-3-12-23-13-11-17-5-1-2-6-18(17)23/h1-2,5-11,13-14H,12H2,(H,22,24,25). The summed E-state index contributed by atoms with van der Waals surface area (Å²) in [5.41, 5.74) is 2.94. The highest BCUT2D eigenvalue weighted by atomic mass is 32.2. The molecule has 3 aromatic rings. The fourth-order valence-electron chi connectivity index (χ4n) is 2.74. The molecule has 126 valence electrons. The third kappa shape index (κ3) is 3.41. The summed E-state index contributed by atoms with van der Waals surface area (Å²) in [5, 5.41) is 3.12. The second-order valence-electron chi connectivity index (χ2n) is 5.78. The quantitative estimate of drug-likeness (QED) is 0.556. The van der Waals surface area contributed by atoms with Gasteiger partial charge in [-0.25, -0.2) is 0 Å². The van der Waals surface area contributed by atoms with E-state index in [0.717, 1.165) is 22.9 Å². The van der Waals surface area contributed by atoms with Crippen LogP contribution in [0.4, 0.5) is 4.79 Å². The van der Waals surface area contributed by atoms with E-state index in [1.165, 1.54) is 10.9 Å². The lowest BCUT2D eigenvalue weighted by molar-refractivity contribution is -0.115. The van der Waals surface area contributed by atoms with Crippen LogP contribution in [0.5, 0.6) is 0 Å². The van der Waals surface area contributed by atoms with Crippen molar-refractivity contribution in [2.45, 2.75) is 6.54 Å². The molecule has 1 aliphatic rings. The van der Waals surface area contributed by atoms with E-state index in [1.807, 2.05) is 42.6 Å². The summed E-state index contributed by atoms with van der Waals surface area (Å²) in [6, 6.07) is 17.9. The average molecular weight is 358 g/mol. The Labute approximate surface area is 154 Å². The zero-order valence-electron chi connectivity index (χ0n) is 13.7. The van der Waals surface area contributed by atoms with Gasteiger partial charge in [-0.3, -0.25) is 14.9 Å². The van der Waals surface area contributed by atoms with Gasteiger partial charge < -0.3 is 4.57 Å². The highest BCUT2D eigenvalue weighted by molar-refractivity contribution is 8.18. The van der Waals surface area contributed by atoms with Crippen LogP contribution in [0.3, 0.4) is 0 Å². The number of nitrogens with one attached hydrogen (secondary N) is 1. The second-order valence-corrected chi connectivity index (χ2v) is 6.79. The van der Waals surface area contributed by atoms with Crippen molar-refractivity contribution < 1.29 is 9.59 Å². The number of fused-ring (bicyclic) bond motifs is 1. The molecular weight excluding hydrogens is 344 g/mol. The number of para-hydroxylation sites is 1. The maximum absolute atomic E-state index is 11.6. The number of benzene rings is 2. The molecule has 2 heterocycles. The van der Waals surface area contributed by atoms with Crippen molar-refractivity contribution in [2.75, 3.05) is 0 Å². The lowest BCUT2D eigenvalue weighted by Crippen LogP contribution is -2.17. The number of carbonyl (C=O) groups excluding carboxylic acids is 2. The summed E-state index contributed by atoms with van der Waals surface area (Å²) in [5.74, 6) is 6.00. The topological polar surface area (TPSA) is 51.1 Å². The number of imide groups is 1. The summed E-state index contributed by atoms with van der Waals surface area (Å²) in [6.07, 6.45) is 3.74. The molecule has 26 heavy (non-hydrogen) atoms. The molecule has 0 atom stereocenters. The van der Waals surface area contributed by atoms with E-state index in [9.17, 15) is 9.59 Å². The van der Waals surface area contributed by atoms with Crippen molar-refractivity contribution in [2.24, 2.45) is 0 Å². The van der Waals surface area contributed by atoms with Crippen LogP contribution in [0, 0.1) is 11.8 Å². The first-order chi connectivity index (χ1) is 12.7. The molecule has 4 rings (SSSR count). The zero-order valence-corrected chi connectivity index (χ0v) is 14.5. The van der Waals surface area contributed by atoms with Crippen LogP contribution < -0.4 is 5.32 Å². The van der Waals surface area contributed by atoms with Gasteiger partial charge in [-0.2, -0.15) is 0 Å². The van der Waals surface area contributed by atoms with Gasteiger partial charge in [0.2, 0.25) is 0 Å². The van der Waals surface area contributed by atoms with Gasteiger partial charge in [0.15, 0.2) is 0 Å².